The molecular formula is C13H23N3O. The molecule has 0 bridgehead atoms. The fourth-order valence-electron chi connectivity index (χ4n) is 2.45. The lowest BCUT2D eigenvalue weighted by Gasteiger charge is -2.23. The average molecular weight is 237 g/mol. The van der Waals surface area contributed by atoms with E-state index < -0.39 is 0 Å². The Bertz CT molecular complexity index is 342. The minimum Gasteiger partial charge on any atom is -0.383 e. The van der Waals surface area contributed by atoms with Crippen molar-refractivity contribution in [1.29, 1.82) is 0 Å². The second-order valence-electron chi connectivity index (χ2n) is 4.87. The summed E-state index contributed by atoms with van der Waals surface area (Å²) >= 11 is 0. The van der Waals surface area contributed by atoms with Crippen molar-refractivity contribution < 1.29 is 4.74 Å². The van der Waals surface area contributed by atoms with Crippen LogP contribution in [0, 0.1) is 6.92 Å². The summed E-state index contributed by atoms with van der Waals surface area (Å²) in [6.45, 7) is 3.64. The predicted octanol–water partition coefficient (Wildman–Crippen LogP) is 2.58. The van der Waals surface area contributed by atoms with E-state index in [1.54, 1.807) is 7.11 Å². The van der Waals surface area contributed by atoms with Crippen molar-refractivity contribution in [2.75, 3.05) is 19.0 Å². The first-order valence-electron chi connectivity index (χ1n) is 6.59. The van der Waals surface area contributed by atoms with Gasteiger partial charge in [-0.2, -0.15) is 0 Å². The van der Waals surface area contributed by atoms with Gasteiger partial charge in [0.25, 0.3) is 0 Å². The molecule has 1 saturated carbocycles. The highest BCUT2D eigenvalue weighted by Crippen LogP contribution is 2.21. The highest BCUT2D eigenvalue weighted by atomic mass is 16.5. The molecule has 0 aromatic carbocycles. The first kappa shape index (κ1) is 12.4. The quantitative estimate of drug-likeness (QED) is 0.855. The molecule has 0 radical (unpaired) electrons. The molecule has 1 N–H and O–H groups in total. The molecule has 0 atom stereocenters. The van der Waals surface area contributed by atoms with Gasteiger partial charge in [-0.3, -0.25) is 0 Å². The summed E-state index contributed by atoms with van der Waals surface area (Å²) in [5.74, 6) is 1.01. The number of rotatable bonds is 5. The van der Waals surface area contributed by atoms with Gasteiger partial charge in [-0.25, -0.2) is 4.98 Å². The van der Waals surface area contributed by atoms with Gasteiger partial charge >= 0.3 is 0 Å². The summed E-state index contributed by atoms with van der Waals surface area (Å²) in [5.41, 5.74) is 1.07. The lowest BCUT2D eigenvalue weighted by atomic mass is 9.96. The molecule has 2 rings (SSSR count). The van der Waals surface area contributed by atoms with E-state index >= 15 is 0 Å². The van der Waals surface area contributed by atoms with Crippen LogP contribution in [-0.2, 0) is 11.3 Å². The zero-order chi connectivity index (χ0) is 12.1. The molecule has 4 nitrogen and oxygen atoms in total. The number of nitrogens with zero attached hydrogens (tertiary/aromatic N) is 2. The number of hydrogen-bond donors (Lipinski definition) is 1. The van der Waals surface area contributed by atoms with Gasteiger partial charge in [0.1, 0.15) is 0 Å². The summed E-state index contributed by atoms with van der Waals surface area (Å²) in [6.07, 6.45) is 8.71. The van der Waals surface area contributed by atoms with Crippen LogP contribution in [0.5, 0.6) is 0 Å². The van der Waals surface area contributed by atoms with Crippen LogP contribution >= 0.6 is 0 Å². The molecule has 96 valence electrons. The Morgan fingerprint density at radius 3 is 2.88 bits per heavy atom. The fourth-order valence-corrected chi connectivity index (χ4v) is 2.45. The third kappa shape index (κ3) is 3.46. The first-order chi connectivity index (χ1) is 8.29. The molecule has 1 aliphatic carbocycles. The third-order valence-electron chi connectivity index (χ3n) is 3.37. The van der Waals surface area contributed by atoms with Gasteiger partial charge in [0.15, 0.2) is 0 Å². The Balaban J connectivity index is 1.97. The van der Waals surface area contributed by atoms with E-state index in [0.717, 1.165) is 24.8 Å². The Labute approximate surface area is 103 Å². The number of aromatic nitrogens is 2. The molecule has 0 unspecified atom stereocenters. The second-order valence-corrected chi connectivity index (χ2v) is 4.87. The zero-order valence-electron chi connectivity index (χ0n) is 10.9. The summed E-state index contributed by atoms with van der Waals surface area (Å²) in [7, 11) is 1.73. The second kappa shape index (κ2) is 6.05. The molecule has 1 fully saturated rings. The van der Waals surface area contributed by atoms with Crippen molar-refractivity contribution in [3.05, 3.63) is 11.9 Å². The maximum absolute atomic E-state index is 5.12. The van der Waals surface area contributed by atoms with Crippen LogP contribution in [0.2, 0.25) is 0 Å². The Kier molecular flexibility index (Phi) is 4.42. The molecule has 17 heavy (non-hydrogen) atoms. The van der Waals surface area contributed by atoms with Crippen molar-refractivity contribution in [3.63, 3.8) is 0 Å². The molecule has 0 amide bonds. The smallest absolute Gasteiger partial charge is 0.203 e. The number of ether oxygens (including phenoxy) is 1. The molecule has 1 aliphatic rings. The SMILES string of the molecule is COCCn1cc(C)nc1NC1CCCCC1. The molecule has 4 heteroatoms. The van der Waals surface area contributed by atoms with E-state index in [4.69, 9.17) is 4.74 Å². The largest absolute Gasteiger partial charge is 0.383 e. The monoisotopic (exact) mass is 237 g/mol. The van der Waals surface area contributed by atoms with Crippen LogP contribution < -0.4 is 5.32 Å². The minimum absolute atomic E-state index is 0.604. The number of aryl methyl sites for hydroxylation is 1. The number of nitrogens with one attached hydrogen (secondary N) is 1. The number of methoxy groups -OCH3 is 1. The van der Waals surface area contributed by atoms with Gasteiger partial charge in [0.2, 0.25) is 5.95 Å². The van der Waals surface area contributed by atoms with E-state index in [1.807, 2.05) is 6.92 Å². The van der Waals surface area contributed by atoms with Crippen LogP contribution in [0.3, 0.4) is 0 Å². The molecule has 1 aromatic heterocycles. The van der Waals surface area contributed by atoms with Crippen LogP contribution in [-0.4, -0.2) is 29.3 Å². The van der Waals surface area contributed by atoms with E-state index in [0.29, 0.717) is 6.04 Å². The van der Waals surface area contributed by atoms with Gasteiger partial charge in [0.05, 0.1) is 12.3 Å². The molecule has 1 aromatic rings. The van der Waals surface area contributed by atoms with Crippen molar-refractivity contribution in [2.45, 2.75) is 51.6 Å². The van der Waals surface area contributed by atoms with E-state index in [1.165, 1.54) is 32.1 Å². The van der Waals surface area contributed by atoms with Crippen LogP contribution in [0.4, 0.5) is 5.95 Å². The Morgan fingerprint density at radius 2 is 2.18 bits per heavy atom. The summed E-state index contributed by atoms with van der Waals surface area (Å²) in [5, 5.41) is 3.58. The van der Waals surface area contributed by atoms with Gasteiger partial charge < -0.3 is 14.6 Å². The normalized spacial score (nSPS) is 17.3. The highest BCUT2D eigenvalue weighted by Gasteiger charge is 2.15. The van der Waals surface area contributed by atoms with Gasteiger partial charge in [0, 0.05) is 25.9 Å². The van der Waals surface area contributed by atoms with Gasteiger partial charge in [-0.05, 0) is 19.8 Å². The lowest BCUT2D eigenvalue weighted by molar-refractivity contribution is 0.187. The van der Waals surface area contributed by atoms with Crippen LogP contribution in [0.25, 0.3) is 0 Å². The predicted molar refractivity (Wildman–Crippen MR) is 69.3 cm³/mol. The van der Waals surface area contributed by atoms with E-state index in [-0.39, 0.29) is 0 Å². The summed E-state index contributed by atoms with van der Waals surface area (Å²) in [6, 6.07) is 0.604. The van der Waals surface area contributed by atoms with Crippen molar-refractivity contribution in [3.8, 4) is 0 Å². The fraction of sp³-hybridized carbons (Fsp3) is 0.769. The van der Waals surface area contributed by atoms with E-state index in [2.05, 4.69) is 21.1 Å². The Hall–Kier alpha value is -1.03. The average Bonchev–Trinajstić information content (AvgIpc) is 2.68. The Morgan fingerprint density at radius 1 is 1.41 bits per heavy atom. The number of anilines is 1. The van der Waals surface area contributed by atoms with Gasteiger partial charge in [-0.1, -0.05) is 19.3 Å². The standard InChI is InChI=1S/C13H23N3O/c1-11-10-16(8-9-17-2)13(14-11)15-12-6-4-3-5-7-12/h10,12H,3-9H2,1-2H3,(H,14,15). The topological polar surface area (TPSA) is 39.1 Å². The molecule has 0 spiro atoms. The molecule has 1 heterocycles. The molecular weight excluding hydrogens is 214 g/mol. The number of imidazole rings is 1. The first-order valence-corrected chi connectivity index (χ1v) is 6.59. The van der Waals surface area contributed by atoms with Crippen LogP contribution in [0.15, 0.2) is 6.20 Å². The van der Waals surface area contributed by atoms with Crippen molar-refractivity contribution in [1.82, 2.24) is 9.55 Å². The van der Waals surface area contributed by atoms with Crippen molar-refractivity contribution >= 4 is 5.95 Å². The lowest BCUT2D eigenvalue weighted by Crippen LogP contribution is -2.24. The molecule has 0 aliphatic heterocycles. The van der Waals surface area contributed by atoms with Crippen LogP contribution in [0.1, 0.15) is 37.8 Å². The zero-order valence-corrected chi connectivity index (χ0v) is 10.9. The summed E-state index contributed by atoms with van der Waals surface area (Å²) in [4.78, 5) is 4.55. The maximum Gasteiger partial charge on any atom is 0.203 e. The van der Waals surface area contributed by atoms with Gasteiger partial charge in [-0.15, -0.1) is 0 Å². The minimum atomic E-state index is 0.604. The third-order valence-corrected chi connectivity index (χ3v) is 3.37. The van der Waals surface area contributed by atoms with E-state index in [9.17, 15) is 0 Å². The summed E-state index contributed by atoms with van der Waals surface area (Å²) < 4.78 is 7.28. The van der Waals surface area contributed by atoms with Crippen molar-refractivity contribution in [2.24, 2.45) is 0 Å². The highest BCUT2D eigenvalue weighted by molar-refractivity contribution is 5.30. The number of hydrogen-bond acceptors (Lipinski definition) is 3. The molecule has 0 saturated heterocycles. The maximum atomic E-state index is 5.12.